The molecule has 0 heterocycles. The van der Waals surface area contributed by atoms with Crippen LogP contribution in [-0.2, 0) is 16.0 Å². The van der Waals surface area contributed by atoms with Crippen LogP contribution in [0, 0.1) is 0 Å². The molecule has 6 heteroatoms. The molecule has 5 nitrogen and oxygen atoms in total. The standard InChI is InChI=1S/C19H22ClN3O2/c1-13(19(25)22-17-7-5-4-6-16(17)20)21-15-10-8-14(9-11-15)12-18(24)23(2)3/h4-11,13,21H,12H2,1-3H3,(H,22,25)/t13-/m0/s1. The maximum Gasteiger partial charge on any atom is 0.246 e. The lowest BCUT2D eigenvalue weighted by Crippen LogP contribution is -2.31. The molecule has 0 saturated heterocycles. The van der Waals surface area contributed by atoms with Gasteiger partial charge in [0.1, 0.15) is 6.04 Å². The van der Waals surface area contributed by atoms with Crippen LogP contribution in [0.3, 0.4) is 0 Å². The van der Waals surface area contributed by atoms with Crippen molar-refractivity contribution in [1.82, 2.24) is 4.90 Å². The second-order valence-electron chi connectivity index (χ2n) is 6.00. The quantitative estimate of drug-likeness (QED) is 0.830. The van der Waals surface area contributed by atoms with Gasteiger partial charge in [0.15, 0.2) is 0 Å². The minimum absolute atomic E-state index is 0.0493. The number of likely N-dealkylation sites (N-methyl/N-ethyl adjacent to an activating group) is 1. The molecule has 0 aromatic heterocycles. The lowest BCUT2D eigenvalue weighted by molar-refractivity contribution is -0.128. The summed E-state index contributed by atoms with van der Waals surface area (Å²) in [5.74, 6) is -0.131. The Kier molecular flexibility index (Phi) is 6.42. The highest BCUT2D eigenvalue weighted by molar-refractivity contribution is 6.33. The van der Waals surface area contributed by atoms with E-state index in [9.17, 15) is 9.59 Å². The third-order valence-electron chi connectivity index (χ3n) is 3.72. The van der Waals surface area contributed by atoms with Gasteiger partial charge in [0.2, 0.25) is 11.8 Å². The number of hydrogen-bond donors (Lipinski definition) is 2. The summed E-state index contributed by atoms with van der Waals surface area (Å²) in [6.07, 6.45) is 0.357. The number of benzene rings is 2. The van der Waals surface area contributed by atoms with Crippen molar-refractivity contribution in [2.45, 2.75) is 19.4 Å². The zero-order chi connectivity index (χ0) is 18.4. The van der Waals surface area contributed by atoms with E-state index in [1.165, 1.54) is 0 Å². The number of amides is 2. The Bertz CT molecular complexity index is 745. The molecule has 25 heavy (non-hydrogen) atoms. The Balaban J connectivity index is 1.93. The molecule has 2 aromatic carbocycles. The maximum atomic E-state index is 12.3. The second kappa shape index (κ2) is 8.53. The first-order valence-corrected chi connectivity index (χ1v) is 8.35. The molecule has 0 fully saturated rings. The maximum absolute atomic E-state index is 12.3. The molecule has 0 aliphatic heterocycles. The molecule has 132 valence electrons. The van der Waals surface area contributed by atoms with Gasteiger partial charge >= 0.3 is 0 Å². The molecular weight excluding hydrogens is 338 g/mol. The molecule has 1 atom stereocenters. The molecule has 0 saturated carbocycles. The molecule has 0 radical (unpaired) electrons. The number of carbonyl (C=O) groups is 2. The van der Waals surface area contributed by atoms with Gasteiger partial charge in [-0.15, -0.1) is 0 Å². The van der Waals surface area contributed by atoms with Crippen molar-refractivity contribution in [2.75, 3.05) is 24.7 Å². The van der Waals surface area contributed by atoms with E-state index in [2.05, 4.69) is 10.6 Å². The van der Waals surface area contributed by atoms with Crippen LogP contribution in [0.1, 0.15) is 12.5 Å². The van der Waals surface area contributed by atoms with Crippen molar-refractivity contribution in [3.05, 3.63) is 59.1 Å². The van der Waals surface area contributed by atoms with Gasteiger partial charge < -0.3 is 15.5 Å². The number of nitrogens with one attached hydrogen (secondary N) is 2. The number of hydrogen-bond acceptors (Lipinski definition) is 3. The summed E-state index contributed by atoms with van der Waals surface area (Å²) >= 11 is 6.05. The monoisotopic (exact) mass is 359 g/mol. The van der Waals surface area contributed by atoms with Gasteiger partial charge in [0, 0.05) is 19.8 Å². The number of anilines is 2. The zero-order valence-corrected chi connectivity index (χ0v) is 15.3. The summed E-state index contributed by atoms with van der Waals surface area (Å²) in [6.45, 7) is 1.77. The predicted octanol–water partition coefficient (Wildman–Crippen LogP) is 3.41. The molecule has 2 amide bonds. The van der Waals surface area contributed by atoms with E-state index in [0.717, 1.165) is 11.3 Å². The molecular formula is C19H22ClN3O2. The lowest BCUT2D eigenvalue weighted by Gasteiger charge is -2.16. The van der Waals surface area contributed by atoms with E-state index in [1.54, 1.807) is 38.1 Å². The van der Waals surface area contributed by atoms with Crippen molar-refractivity contribution in [2.24, 2.45) is 0 Å². The fraction of sp³-hybridized carbons (Fsp3) is 0.263. The summed E-state index contributed by atoms with van der Waals surface area (Å²) in [5, 5.41) is 6.43. The third-order valence-corrected chi connectivity index (χ3v) is 4.05. The highest BCUT2D eigenvalue weighted by Gasteiger charge is 2.14. The van der Waals surface area contributed by atoms with Gasteiger partial charge in [-0.05, 0) is 36.8 Å². The summed E-state index contributed by atoms with van der Waals surface area (Å²) in [7, 11) is 3.47. The van der Waals surface area contributed by atoms with E-state index in [4.69, 9.17) is 11.6 Å². The first-order valence-electron chi connectivity index (χ1n) is 7.98. The van der Waals surface area contributed by atoms with E-state index in [0.29, 0.717) is 17.1 Å². The van der Waals surface area contributed by atoms with Gasteiger partial charge in [-0.1, -0.05) is 35.9 Å². The Morgan fingerprint density at radius 1 is 1.08 bits per heavy atom. The Labute approximate surface area is 153 Å². The largest absolute Gasteiger partial charge is 0.374 e. The minimum Gasteiger partial charge on any atom is -0.374 e. The Hall–Kier alpha value is -2.53. The van der Waals surface area contributed by atoms with Gasteiger partial charge in [0.05, 0.1) is 17.1 Å². The molecule has 0 bridgehead atoms. The average Bonchev–Trinajstić information content (AvgIpc) is 2.58. The smallest absolute Gasteiger partial charge is 0.246 e. The van der Waals surface area contributed by atoms with E-state index < -0.39 is 6.04 Å². The molecule has 0 spiro atoms. The number of carbonyl (C=O) groups excluding carboxylic acids is 2. The summed E-state index contributed by atoms with van der Waals surface area (Å²) in [5.41, 5.74) is 2.32. The van der Waals surface area contributed by atoms with Crippen LogP contribution >= 0.6 is 11.6 Å². The highest BCUT2D eigenvalue weighted by Crippen LogP contribution is 2.21. The van der Waals surface area contributed by atoms with Gasteiger partial charge in [0.25, 0.3) is 0 Å². The van der Waals surface area contributed by atoms with Crippen LogP contribution in [0.5, 0.6) is 0 Å². The third kappa shape index (κ3) is 5.50. The predicted molar refractivity (Wildman–Crippen MR) is 102 cm³/mol. The molecule has 2 rings (SSSR count). The van der Waals surface area contributed by atoms with Crippen LogP contribution < -0.4 is 10.6 Å². The number of nitrogens with zero attached hydrogens (tertiary/aromatic N) is 1. The van der Waals surface area contributed by atoms with Gasteiger partial charge in [-0.2, -0.15) is 0 Å². The van der Waals surface area contributed by atoms with Crippen molar-refractivity contribution in [3.63, 3.8) is 0 Å². The lowest BCUT2D eigenvalue weighted by atomic mass is 10.1. The number of halogens is 1. The van der Waals surface area contributed by atoms with Crippen LogP contribution in [-0.4, -0.2) is 36.9 Å². The molecule has 0 aliphatic carbocycles. The van der Waals surface area contributed by atoms with Crippen molar-refractivity contribution < 1.29 is 9.59 Å². The van der Waals surface area contributed by atoms with Crippen molar-refractivity contribution in [3.8, 4) is 0 Å². The van der Waals surface area contributed by atoms with Crippen molar-refractivity contribution >= 4 is 34.8 Å². The van der Waals surface area contributed by atoms with E-state index in [1.807, 2.05) is 36.4 Å². The Morgan fingerprint density at radius 3 is 2.32 bits per heavy atom. The molecule has 2 N–H and O–H groups in total. The van der Waals surface area contributed by atoms with Crippen LogP contribution in [0.4, 0.5) is 11.4 Å². The first kappa shape index (κ1) is 18.8. The van der Waals surface area contributed by atoms with E-state index in [-0.39, 0.29) is 11.8 Å². The minimum atomic E-state index is -0.439. The molecule has 2 aromatic rings. The summed E-state index contributed by atoms with van der Waals surface area (Å²) < 4.78 is 0. The highest BCUT2D eigenvalue weighted by atomic mass is 35.5. The average molecular weight is 360 g/mol. The number of rotatable bonds is 6. The van der Waals surface area contributed by atoms with Crippen LogP contribution in [0.25, 0.3) is 0 Å². The molecule has 0 aliphatic rings. The van der Waals surface area contributed by atoms with Gasteiger partial charge in [-0.25, -0.2) is 0 Å². The number of para-hydroxylation sites is 1. The zero-order valence-electron chi connectivity index (χ0n) is 14.5. The topological polar surface area (TPSA) is 61.4 Å². The van der Waals surface area contributed by atoms with Crippen LogP contribution in [0.15, 0.2) is 48.5 Å². The van der Waals surface area contributed by atoms with Crippen LogP contribution in [0.2, 0.25) is 5.02 Å². The second-order valence-corrected chi connectivity index (χ2v) is 6.40. The fourth-order valence-electron chi connectivity index (χ4n) is 2.17. The van der Waals surface area contributed by atoms with Gasteiger partial charge in [-0.3, -0.25) is 9.59 Å². The van der Waals surface area contributed by atoms with E-state index >= 15 is 0 Å². The first-order chi connectivity index (χ1) is 11.9. The summed E-state index contributed by atoms with van der Waals surface area (Å²) in [4.78, 5) is 25.5. The Morgan fingerprint density at radius 2 is 1.72 bits per heavy atom. The fourth-order valence-corrected chi connectivity index (χ4v) is 2.35. The normalized spacial score (nSPS) is 11.5. The summed E-state index contributed by atoms with van der Waals surface area (Å²) in [6, 6.07) is 14.1. The molecule has 0 unspecified atom stereocenters. The van der Waals surface area contributed by atoms with Crippen molar-refractivity contribution in [1.29, 1.82) is 0 Å². The SMILES string of the molecule is C[C@H](Nc1ccc(CC(=O)N(C)C)cc1)C(=O)Nc1ccccc1Cl.